The molecule has 0 aromatic carbocycles. The molecule has 0 aliphatic heterocycles. The number of nitrogens with zero attached hydrogens (tertiary/aromatic N) is 1. The Hall–Kier alpha value is -2.81. The Morgan fingerprint density at radius 2 is 0.849 bits per heavy atom. The molecule has 0 aromatic heterocycles. The summed E-state index contributed by atoms with van der Waals surface area (Å²) in [6, 6.07) is -0.921. The second-order valence-electron chi connectivity index (χ2n) is 21.1. The summed E-state index contributed by atoms with van der Waals surface area (Å²) in [5.74, 6) is -0.614. The first-order chi connectivity index (χ1) is 35.4. The molecule has 73 heavy (non-hydrogen) atoms. The molecule has 0 radical (unpaired) electrons. The Morgan fingerprint density at radius 1 is 0.479 bits per heavy atom. The number of carbonyl (C=O) groups is 2. The third-order valence-electron chi connectivity index (χ3n) is 12.8. The largest absolute Gasteiger partial charge is 0.756 e. The van der Waals surface area contributed by atoms with Crippen LogP contribution in [0.4, 0.5) is 0 Å². The quantitative estimate of drug-likeness (QED) is 0.0212. The van der Waals surface area contributed by atoms with Crippen LogP contribution < -0.4 is 10.2 Å². The molecule has 0 saturated carbocycles. The van der Waals surface area contributed by atoms with Crippen LogP contribution >= 0.6 is 7.82 Å². The van der Waals surface area contributed by atoms with Gasteiger partial charge in [-0.05, 0) is 102 Å². The summed E-state index contributed by atoms with van der Waals surface area (Å²) in [7, 11) is 1.14. The van der Waals surface area contributed by atoms with Crippen LogP contribution in [0.25, 0.3) is 0 Å². The maximum absolute atomic E-state index is 13.5. The Kier molecular flexibility index (Phi) is 50.6. The molecule has 1 amide bonds. The van der Waals surface area contributed by atoms with Gasteiger partial charge in [0.1, 0.15) is 19.3 Å². The number of phosphoric acid groups is 1. The number of amides is 1. The number of ether oxygens (including phenoxy) is 1. The van der Waals surface area contributed by atoms with Crippen molar-refractivity contribution < 1.29 is 37.3 Å². The van der Waals surface area contributed by atoms with Crippen molar-refractivity contribution in [2.45, 2.75) is 264 Å². The maximum Gasteiger partial charge on any atom is 0.306 e. The second-order valence-corrected chi connectivity index (χ2v) is 22.6. The van der Waals surface area contributed by atoms with Crippen molar-refractivity contribution in [3.8, 4) is 0 Å². The van der Waals surface area contributed by atoms with Crippen molar-refractivity contribution in [2.75, 3.05) is 40.9 Å². The van der Waals surface area contributed by atoms with Crippen molar-refractivity contribution in [3.63, 3.8) is 0 Å². The summed E-state index contributed by atoms with van der Waals surface area (Å²) in [6.45, 7) is 6.73. The first-order valence-corrected chi connectivity index (χ1v) is 31.4. The van der Waals surface area contributed by atoms with E-state index in [9.17, 15) is 19.0 Å². The van der Waals surface area contributed by atoms with E-state index in [0.29, 0.717) is 17.4 Å². The number of likely N-dealkylation sites (N-methyl/N-ethyl adjacent to an activating group) is 1. The number of esters is 1. The number of hydrogen-bond acceptors (Lipinski definition) is 7. The summed E-state index contributed by atoms with van der Waals surface area (Å²) in [5, 5.41) is 2.99. The molecule has 10 heteroatoms. The summed E-state index contributed by atoms with van der Waals surface area (Å²) < 4.78 is 30.2. The number of quaternary nitrogens is 1. The van der Waals surface area contributed by atoms with Gasteiger partial charge in [-0.1, -0.05) is 222 Å². The molecule has 0 spiro atoms. The maximum atomic E-state index is 13.5. The van der Waals surface area contributed by atoms with E-state index in [1.54, 1.807) is 0 Å². The molecular weight excluding hydrogens is 928 g/mol. The van der Waals surface area contributed by atoms with Crippen LogP contribution in [-0.2, 0) is 27.9 Å². The van der Waals surface area contributed by atoms with Crippen LogP contribution in [0.15, 0.2) is 85.1 Å². The van der Waals surface area contributed by atoms with Crippen molar-refractivity contribution in [3.05, 3.63) is 85.1 Å². The van der Waals surface area contributed by atoms with Crippen LogP contribution in [0.3, 0.4) is 0 Å². The van der Waals surface area contributed by atoms with Gasteiger partial charge in [0.2, 0.25) is 5.91 Å². The van der Waals surface area contributed by atoms with E-state index in [1.807, 2.05) is 33.3 Å². The normalized spacial score (nSPS) is 14.3. The van der Waals surface area contributed by atoms with Crippen molar-refractivity contribution in [1.82, 2.24) is 5.32 Å². The van der Waals surface area contributed by atoms with Crippen LogP contribution in [0.1, 0.15) is 252 Å². The lowest BCUT2D eigenvalue weighted by atomic mass is 10.1. The van der Waals surface area contributed by atoms with Crippen LogP contribution in [0, 0.1) is 0 Å². The van der Waals surface area contributed by atoms with E-state index in [4.69, 9.17) is 13.8 Å². The third kappa shape index (κ3) is 53.8. The van der Waals surface area contributed by atoms with Gasteiger partial charge in [0, 0.05) is 12.8 Å². The minimum Gasteiger partial charge on any atom is -0.756 e. The molecular formula is C63H113N2O7P. The van der Waals surface area contributed by atoms with E-state index < -0.39 is 26.6 Å². The zero-order valence-corrected chi connectivity index (χ0v) is 49.0. The predicted molar refractivity (Wildman–Crippen MR) is 311 cm³/mol. The average molecular weight is 1040 g/mol. The van der Waals surface area contributed by atoms with Gasteiger partial charge in [0.15, 0.2) is 0 Å². The van der Waals surface area contributed by atoms with Gasteiger partial charge >= 0.3 is 5.97 Å². The molecule has 0 heterocycles. The molecule has 0 aliphatic rings. The van der Waals surface area contributed by atoms with E-state index in [-0.39, 0.29) is 31.3 Å². The van der Waals surface area contributed by atoms with E-state index in [0.717, 1.165) is 83.5 Å². The molecule has 1 N–H and O–H groups in total. The molecule has 3 unspecified atom stereocenters. The smallest absolute Gasteiger partial charge is 0.306 e. The number of carbonyl (C=O) groups excluding carboxylic acids is 2. The Bertz CT molecular complexity index is 1530. The molecule has 0 saturated heterocycles. The highest BCUT2D eigenvalue weighted by Gasteiger charge is 2.27. The van der Waals surface area contributed by atoms with Gasteiger partial charge in [0.05, 0.1) is 33.8 Å². The van der Waals surface area contributed by atoms with Crippen molar-refractivity contribution in [2.24, 2.45) is 0 Å². The van der Waals surface area contributed by atoms with Crippen molar-refractivity contribution in [1.29, 1.82) is 0 Å². The minimum atomic E-state index is -4.71. The highest BCUT2D eigenvalue weighted by Crippen LogP contribution is 2.38. The average Bonchev–Trinajstić information content (AvgIpc) is 3.35. The zero-order chi connectivity index (χ0) is 53.6. The topological polar surface area (TPSA) is 114 Å². The van der Waals surface area contributed by atoms with Gasteiger partial charge in [-0.25, -0.2) is 0 Å². The van der Waals surface area contributed by atoms with Crippen LogP contribution in [-0.4, -0.2) is 69.4 Å². The van der Waals surface area contributed by atoms with Gasteiger partial charge in [0.25, 0.3) is 7.82 Å². The molecule has 0 fully saturated rings. The number of rotatable bonds is 53. The number of nitrogens with one attached hydrogen (secondary N) is 1. The highest BCUT2D eigenvalue weighted by atomic mass is 31.2. The first-order valence-electron chi connectivity index (χ1n) is 29.9. The fourth-order valence-corrected chi connectivity index (χ4v) is 8.85. The Balaban J connectivity index is 5.35. The van der Waals surface area contributed by atoms with E-state index in [2.05, 4.69) is 99.0 Å². The summed E-state index contributed by atoms with van der Waals surface area (Å²) in [5.41, 5.74) is 0. The molecule has 9 nitrogen and oxygen atoms in total. The van der Waals surface area contributed by atoms with Gasteiger partial charge in [-0.15, -0.1) is 0 Å². The fraction of sp³-hybridized carbons (Fsp3) is 0.746. The lowest BCUT2D eigenvalue weighted by Gasteiger charge is -2.30. The minimum absolute atomic E-state index is 0.0363. The van der Waals surface area contributed by atoms with Crippen LogP contribution in [0.5, 0.6) is 0 Å². The number of hydrogen-bond donors (Lipinski definition) is 1. The standard InChI is InChI=1S/C63H113N2O7P/c1-7-10-13-16-19-22-25-27-29-31-32-34-36-38-41-44-47-50-53-56-63(67)72-61(54-51-48-45-42-39-24-21-18-15-12-9-3)60(59-71-73(68,69)70-58-57-65(4,5)6)64-62(66)55-52-49-46-43-40-37-35-33-30-28-26-23-20-17-14-11-8-2/h19-20,22-23,27-30,35,37,43,46,51,54,60-61H,7-18,21,24-26,31-34,36,38-42,44-45,47-50,52-53,55-59H2,1-6H3,(H-,64,66,68,69)/b22-19-,23-20-,29-27-,30-28-,37-35-,46-43-,54-51+. The molecule has 0 aliphatic carbocycles. The monoisotopic (exact) mass is 1040 g/mol. The van der Waals surface area contributed by atoms with Gasteiger partial charge in [-0.2, -0.15) is 0 Å². The molecule has 0 bridgehead atoms. The second kappa shape index (κ2) is 52.6. The highest BCUT2D eigenvalue weighted by molar-refractivity contribution is 7.45. The van der Waals surface area contributed by atoms with E-state index >= 15 is 0 Å². The summed E-state index contributed by atoms with van der Waals surface area (Å²) >= 11 is 0. The summed E-state index contributed by atoms with van der Waals surface area (Å²) in [4.78, 5) is 39.9. The zero-order valence-electron chi connectivity index (χ0n) is 48.1. The lowest BCUT2D eigenvalue weighted by molar-refractivity contribution is -0.870. The SMILES string of the molecule is CCCCC/C=C\C/C=C\C/C=C\C/C=C\CCCC(=O)NC(COP(=O)([O-])OCC[N+](C)(C)C)C(/C=C/CCCCCCCCCCC)OC(=O)CCCCCCCCCCC/C=C\C/C=C\CCCCC. The lowest BCUT2D eigenvalue weighted by Crippen LogP contribution is -2.47. The summed E-state index contributed by atoms with van der Waals surface area (Å²) in [6.07, 6.45) is 68.4. The molecule has 422 valence electrons. The Labute approximate surface area is 450 Å². The van der Waals surface area contributed by atoms with Crippen LogP contribution in [0.2, 0.25) is 0 Å². The number of unbranched alkanes of at least 4 members (excludes halogenated alkanes) is 25. The van der Waals surface area contributed by atoms with Gasteiger partial charge < -0.3 is 28.5 Å². The predicted octanol–water partition coefficient (Wildman–Crippen LogP) is 17.6. The Morgan fingerprint density at radius 3 is 1.30 bits per heavy atom. The fourth-order valence-electron chi connectivity index (χ4n) is 8.13. The molecule has 0 aromatic rings. The van der Waals surface area contributed by atoms with Crippen molar-refractivity contribution >= 4 is 19.7 Å². The first kappa shape index (κ1) is 70.2. The molecule has 3 atom stereocenters. The van der Waals surface area contributed by atoms with E-state index in [1.165, 1.54) is 128 Å². The number of phosphoric ester groups is 1. The molecule has 0 rings (SSSR count). The number of allylic oxidation sites excluding steroid dienone is 13. The van der Waals surface area contributed by atoms with Gasteiger partial charge in [-0.3, -0.25) is 14.2 Å². The third-order valence-corrected chi connectivity index (χ3v) is 13.8.